The molecule has 6 heteroatoms. The first-order chi connectivity index (χ1) is 17.9. The topological polar surface area (TPSA) is 65.0 Å². The summed E-state index contributed by atoms with van der Waals surface area (Å²) in [7, 11) is 3.23. The predicted octanol–water partition coefficient (Wildman–Crippen LogP) is 7.49. The number of carbonyl (C=O) groups is 1. The standard InChI is InChI=1S/C32H37FO5/c1-31(2,3)30(37-6)26-15-20(7-11-24(26)25-16-22(36-5)10-12-28(25)33)19-38-23-9-8-21-13-14-32(4,18-29(34)35)27(21)17-23/h7-12,15-17,30H,13-14,18-19H2,1-6H3,(H,34,35)/t30-,32+/m0/s1. The predicted molar refractivity (Wildman–Crippen MR) is 146 cm³/mol. The van der Waals surface area contributed by atoms with E-state index in [2.05, 4.69) is 20.8 Å². The fourth-order valence-electron chi connectivity index (χ4n) is 5.60. The summed E-state index contributed by atoms with van der Waals surface area (Å²) in [6, 6.07) is 16.6. The molecule has 2 atom stereocenters. The number of halogens is 1. The second-order valence-electron chi connectivity index (χ2n) is 11.5. The molecule has 0 aromatic heterocycles. The number of ether oxygens (including phenoxy) is 3. The number of hydrogen-bond acceptors (Lipinski definition) is 4. The highest BCUT2D eigenvalue weighted by Crippen LogP contribution is 2.44. The highest BCUT2D eigenvalue weighted by Gasteiger charge is 2.36. The van der Waals surface area contributed by atoms with Crippen molar-refractivity contribution in [3.05, 3.63) is 82.7 Å². The second kappa shape index (κ2) is 10.8. The van der Waals surface area contributed by atoms with Gasteiger partial charge in [0.2, 0.25) is 0 Å². The van der Waals surface area contributed by atoms with E-state index >= 15 is 0 Å². The molecule has 5 nitrogen and oxygen atoms in total. The van der Waals surface area contributed by atoms with Gasteiger partial charge < -0.3 is 19.3 Å². The van der Waals surface area contributed by atoms with E-state index in [4.69, 9.17) is 14.2 Å². The van der Waals surface area contributed by atoms with E-state index in [1.807, 2.05) is 43.3 Å². The zero-order valence-electron chi connectivity index (χ0n) is 23.1. The second-order valence-corrected chi connectivity index (χ2v) is 11.5. The quantitative estimate of drug-likeness (QED) is 0.317. The molecule has 1 aliphatic carbocycles. The van der Waals surface area contributed by atoms with Crippen LogP contribution < -0.4 is 9.47 Å². The van der Waals surface area contributed by atoms with Crippen LogP contribution in [0.15, 0.2) is 54.6 Å². The zero-order valence-corrected chi connectivity index (χ0v) is 23.1. The number of aryl methyl sites for hydroxylation is 1. The Bertz CT molecular complexity index is 1330. The molecule has 0 aliphatic heterocycles. The van der Waals surface area contributed by atoms with Crippen molar-refractivity contribution in [2.24, 2.45) is 5.41 Å². The van der Waals surface area contributed by atoms with E-state index in [0.29, 0.717) is 23.7 Å². The molecule has 1 N–H and O–H groups in total. The summed E-state index contributed by atoms with van der Waals surface area (Å²) in [5.74, 6) is 0.155. The molecule has 0 unspecified atom stereocenters. The van der Waals surface area contributed by atoms with E-state index in [1.165, 1.54) is 11.6 Å². The van der Waals surface area contributed by atoms with Gasteiger partial charge in [-0.15, -0.1) is 0 Å². The summed E-state index contributed by atoms with van der Waals surface area (Å²) in [5, 5.41) is 9.41. The molecule has 1 aliphatic rings. The first kappa shape index (κ1) is 27.6. The Morgan fingerprint density at radius 2 is 1.76 bits per heavy atom. The van der Waals surface area contributed by atoms with Gasteiger partial charge in [-0.25, -0.2) is 4.39 Å². The molecular formula is C32H37FO5. The molecule has 4 rings (SSSR count). The van der Waals surface area contributed by atoms with Crippen LogP contribution in [0, 0.1) is 11.2 Å². The van der Waals surface area contributed by atoms with Gasteiger partial charge >= 0.3 is 5.97 Å². The maximum Gasteiger partial charge on any atom is 0.304 e. The summed E-state index contributed by atoms with van der Waals surface area (Å²) in [6.45, 7) is 8.60. The highest BCUT2D eigenvalue weighted by atomic mass is 19.1. The van der Waals surface area contributed by atoms with Crippen LogP contribution in [0.1, 0.15) is 68.9 Å². The Morgan fingerprint density at radius 1 is 1.03 bits per heavy atom. The summed E-state index contributed by atoms with van der Waals surface area (Å²) < 4.78 is 32.5. The Kier molecular flexibility index (Phi) is 7.84. The molecule has 0 heterocycles. The van der Waals surface area contributed by atoms with Crippen molar-refractivity contribution in [1.82, 2.24) is 0 Å². The third-order valence-electron chi connectivity index (χ3n) is 7.51. The summed E-state index contributed by atoms with van der Waals surface area (Å²) in [4.78, 5) is 11.5. The minimum atomic E-state index is -0.793. The average molecular weight is 521 g/mol. The SMILES string of the molecule is COc1ccc(F)c(-c2ccc(COc3ccc4c(c3)[C@@](C)(CC(=O)O)CC4)cc2[C@H](OC)C(C)(C)C)c1. The molecule has 0 amide bonds. The minimum Gasteiger partial charge on any atom is -0.497 e. The lowest BCUT2D eigenvalue weighted by molar-refractivity contribution is -0.138. The van der Waals surface area contributed by atoms with E-state index < -0.39 is 11.4 Å². The van der Waals surface area contributed by atoms with Gasteiger partial charge in [0.15, 0.2) is 0 Å². The van der Waals surface area contributed by atoms with Gasteiger partial charge in [-0.05, 0) is 82.5 Å². The van der Waals surface area contributed by atoms with Gasteiger partial charge in [-0.3, -0.25) is 4.79 Å². The number of rotatable bonds is 9. The lowest BCUT2D eigenvalue weighted by atomic mass is 9.81. The van der Waals surface area contributed by atoms with Crippen LogP contribution >= 0.6 is 0 Å². The van der Waals surface area contributed by atoms with Crippen molar-refractivity contribution in [2.45, 2.75) is 65.1 Å². The van der Waals surface area contributed by atoms with Crippen LogP contribution in [0.5, 0.6) is 11.5 Å². The molecule has 0 saturated heterocycles. The summed E-state index contributed by atoms with van der Waals surface area (Å²) in [5.41, 5.74) is 4.59. The maximum absolute atomic E-state index is 15.0. The van der Waals surface area contributed by atoms with Gasteiger partial charge in [0.05, 0.1) is 19.6 Å². The van der Waals surface area contributed by atoms with E-state index in [9.17, 15) is 14.3 Å². The first-order valence-electron chi connectivity index (χ1n) is 12.9. The zero-order chi connectivity index (χ0) is 27.7. The van der Waals surface area contributed by atoms with E-state index in [0.717, 1.165) is 35.1 Å². The molecule has 0 bridgehead atoms. The molecule has 38 heavy (non-hydrogen) atoms. The molecule has 0 fully saturated rings. The van der Waals surface area contributed by atoms with Gasteiger partial charge in [0, 0.05) is 18.1 Å². The number of methoxy groups -OCH3 is 2. The smallest absolute Gasteiger partial charge is 0.304 e. The molecule has 3 aromatic rings. The van der Waals surface area contributed by atoms with Gasteiger partial charge in [0.1, 0.15) is 23.9 Å². The molecule has 0 spiro atoms. The Balaban J connectivity index is 1.67. The fraction of sp³-hybridized carbons (Fsp3) is 0.406. The summed E-state index contributed by atoms with van der Waals surface area (Å²) >= 11 is 0. The van der Waals surface area contributed by atoms with Crippen molar-refractivity contribution in [1.29, 1.82) is 0 Å². The number of aliphatic carboxylic acids is 1. The number of carboxylic acid groups (broad SMARTS) is 1. The molecule has 0 radical (unpaired) electrons. The fourth-order valence-corrected chi connectivity index (χ4v) is 5.60. The average Bonchev–Trinajstić information content (AvgIpc) is 3.18. The molecule has 202 valence electrons. The number of hydrogen-bond donors (Lipinski definition) is 1. The monoisotopic (exact) mass is 520 g/mol. The van der Waals surface area contributed by atoms with Crippen LogP contribution in [0.2, 0.25) is 0 Å². The van der Waals surface area contributed by atoms with Crippen molar-refractivity contribution < 1.29 is 28.5 Å². The Morgan fingerprint density at radius 3 is 2.42 bits per heavy atom. The number of fused-ring (bicyclic) bond motifs is 1. The van der Waals surface area contributed by atoms with Crippen LogP contribution in [0.25, 0.3) is 11.1 Å². The Hall–Kier alpha value is -3.38. The third kappa shape index (κ3) is 5.70. The van der Waals surface area contributed by atoms with E-state index in [1.54, 1.807) is 26.4 Å². The van der Waals surface area contributed by atoms with Gasteiger partial charge in [-0.1, -0.05) is 45.9 Å². The molecular weight excluding hydrogens is 483 g/mol. The van der Waals surface area contributed by atoms with Crippen LogP contribution in [0.3, 0.4) is 0 Å². The van der Waals surface area contributed by atoms with Crippen molar-refractivity contribution >= 4 is 5.97 Å². The Labute approximate surface area is 224 Å². The summed E-state index contributed by atoms with van der Waals surface area (Å²) in [6.07, 6.45) is 1.49. The van der Waals surface area contributed by atoms with Crippen LogP contribution in [0.4, 0.5) is 4.39 Å². The van der Waals surface area contributed by atoms with E-state index in [-0.39, 0.29) is 23.8 Å². The van der Waals surface area contributed by atoms with Crippen molar-refractivity contribution in [3.8, 4) is 22.6 Å². The van der Waals surface area contributed by atoms with Crippen molar-refractivity contribution in [2.75, 3.05) is 14.2 Å². The number of benzene rings is 3. The lowest BCUT2D eigenvalue weighted by Gasteiger charge is -2.32. The van der Waals surface area contributed by atoms with Crippen LogP contribution in [-0.2, 0) is 28.0 Å². The highest BCUT2D eigenvalue weighted by molar-refractivity contribution is 5.71. The molecule has 0 saturated carbocycles. The van der Waals surface area contributed by atoms with Crippen LogP contribution in [-0.4, -0.2) is 25.3 Å². The molecule has 3 aromatic carbocycles. The first-order valence-corrected chi connectivity index (χ1v) is 12.9. The van der Waals surface area contributed by atoms with Gasteiger partial charge in [0.25, 0.3) is 0 Å². The van der Waals surface area contributed by atoms with Crippen molar-refractivity contribution in [3.63, 3.8) is 0 Å². The lowest BCUT2D eigenvalue weighted by Crippen LogP contribution is -2.22. The minimum absolute atomic E-state index is 0.0975. The normalized spacial score (nSPS) is 17.7. The van der Waals surface area contributed by atoms with Gasteiger partial charge in [-0.2, -0.15) is 0 Å². The maximum atomic E-state index is 15.0. The number of carboxylic acids is 1. The third-order valence-corrected chi connectivity index (χ3v) is 7.51. The largest absolute Gasteiger partial charge is 0.497 e.